The highest BCUT2D eigenvalue weighted by Gasteiger charge is 2.43. The third-order valence-electron chi connectivity index (χ3n) is 6.75. The summed E-state index contributed by atoms with van der Waals surface area (Å²) in [7, 11) is 0. The first kappa shape index (κ1) is 22.3. The molecule has 3 atom stereocenters. The van der Waals surface area contributed by atoms with Gasteiger partial charge in [-0.2, -0.15) is 9.78 Å². The Morgan fingerprint density at radius 1 is 1.00 bits per heavy atom. The molecule has 11 heteroatoms. The first-order valence-electron chi connectivity index (χ1n) is 12.1. The van der Waals surface area contributed by atoms with E-state index < -0.39 is 0 Å². The summed E-state index contributed by atoms with van der Waals surface area (Å²) in [6, 6.07) is 18.6. The van der Waals surface area contributed by atoms with Crippen molar-refractivity contribution in [3.63, 3.8) is 0 Å². The van der Waals surface area contributed by atoms with Crippen LogP contribution in [0.15, 0.2) is 60.9 Å². The number of imidazole rings is 1. The van der Waals surface area contributed by atoms with Crippen LogP contribution in [-0.4, -0.2) is 66.7 Å². The van der Waals surface area contributed by atoms with E-state index in [2.05, 4.69) is 61.8 Å². The highest BCUT2D eigenvalue weighted by Crippen LogP contribution is 2.33. The zero-order valence-corrected chi connectivity index (χ0v) is 20.4. The van der Waals surface area contributed by atoms with Gasteiger partial charge in [-0.25, -0.2) is 4.98 Å². The van der Waals surface area contributed by atoms with Crippen LogP contribution in [-0.2, 0) is 16.0 Å². The van der Waals surface area contributed by atoms with Crippen molar-refractivity contribution in [3.8, 4) is 28.4 Å². The van der Waals surface area contributed by atoms with Gasteiger partial charge in [0.1, 0.15) is 6.10 Å². The first-order valence-corrected chi connectivity index (χ1v) is 12.4. The molecule has 0 bridgehead atoms. The Bertz CT molecular complexity index is 1540. The monoisotopic (exact) mass is 515 g/mol. The number of hydrogen-bond donors (Lipinski definition) is 1. The standard InChI is InChI=1S/C26H22ClN7O3/c27-19-11-20-25(32-26(30-20)37-22-13-36-21-9-10-35-24(21)22)31-23(19)18-7-5-17(6-8-18)16-3-1-15(2-4-16)12-34-29-14-28-33-34/h1-8,11,14,21-22,24H,9-10,12-13H2,(H,30,31,32)/t21-,22-,24+/m1/s1. The van der Waals surface area contributed by atoms with E-state index in [-0.39, 0.29) is 18.3 Å². The van der Waals surface area contributed by atoms with Crippen LogP contribution in [0.1, 0.15) is 12.0 Å². The molecule has 0 radical (unpaired) electrons. The van der Waals surface area contributed by atoms with Crippen molar-refractivity contribution in [2.24, 2.45) is 0 Å². The van der Waals surface area contributed by atoms with Gasteiger partial charge in [-0.3, -0.25) is 0 Å². The number of H-pyrrole nitrogens is 1. The average molecular weight is 516 g/mol. The quantitative estimate of drug-likeness (QED) is 0.362. The molecular weight excluding hydrogens is 494 g/mol. The van der Waals surface area contributed by atoms with Crippen molar-refractivity contribution >= 4 is 22.8 Å². The molecule has 10 nitrogen and oxygen atoms in total. The van der Waals surface area contributed by atoms with Gasteiger partial charge in [0.2, 0.25) is 0 Å². The molecule has 0 amide bonds. The SMILES string of the molecule is Clc1cc2[nH]c(O[C@@H]3CO[C@@H]4CCO[C@@H]43)nc2nc1-c1ccc(-c2ccc(Cn3ncnn3)cc2)cc1. The predicted molar refractivity (Wildman–Crippen MR) is 135 cm³/mol. The number of halogens is 1. The second kappa shape index (κ2) is 9.22. The van der Waals surface area contributed by atoms with Crippen molar-refractivity contribution in [1.82, 2.24) is 35.2 Å². The van der Waals surface area contributed by atoms with E-state index in [1.807, 2.05) is 18.2 Å². The maximum absolute atomic E-state index is 6.62. The van der Waals surface area contributed by atoms with Crippen molar-refractivity contribution in [2.45, 2.75) is 31.3 Å². The van der Waals surface area contributed by atoms with E-state index in [1.165, 1.54) is 6.33 Å². The highest BCUT2D eigenvalue weighted by atomic mass is 35.5. The van der Waals surface area contributed by atoms with Gasteiger partial charge in [-0.1, -0.05) is 60.1 Å². The molecule has 0 saturated carbocycles. The Balaban J connectivity index is 1.09. The molecule has 0 aliphatic carbocycles. The molecule has 0 unspecified atom stereocenters. The summed E-state index contributed by atoms with van der Waals surface area (Å²) in [5, 5.41) is 12.2. The van der Waals surface area contributed by atoms with E-state index in [0.29, 0.717) is 47.6 Å². The number of pyridine rings is 1. The second-order valence-electron chi connectivity index (χ2n) is 9.12. The van der Waals surface area contributed by atoms with Gasteiger partial charge in [-0.05, 0) is 34.4 Å². The van der Waals surface area contributed by atoms with Crippen LogP contribution in [0.2, 0.25) is 5.02 Å². The summed E-state index contributed by atoms with van der Waals surface area (Å²) in [6.45, 7) is 1.76. The Kier molecular flexibility index (Phi) is 5.57. The van der Waals surface area contributed by atoms with Crippen molar-refractivity contribution in [3.05, 3.63) is 71.5 Å². The molecule has 1 N–H and O–H groups in total. The number of nitrogens with zero attached hydrogens (tertiary/aromatic N) is 6. The molecule has 2 aromatic carbocycles. The number of aromatic amines is 1. The molecule has 37 heavy (non-hydrogen) atoms. The molecule has 2 aliphatic rings. The third-order valence-corrected chi connectivity index (χ3v) is 7.04. The number of benzene rings is 2. The lowest BCUT2D eigenvalue weighted by molar-refractivity contribution is 0.0273. The number of ether oxygens (including phenoxy) is 3. The summed E-state index contributed by atoms with van der Waals surface area (Å²) in [5.74, 6) is 0. The molecule has 186 valence electrons. The summed E-state index contributed by atoms with van der Waals surface area (Å²) >= 11 is 6.62. The van der Waals surface area contributed by atoms with E-state index >= 15 is 0 Å². The number of hydrogen-bond acceptors (Lipinski definition) is 8. The molecule has 2 fully saturated rings. The van der Waals surface area contributed by atoms with Crippen molar-refractivity contribution in [2.75, 3.05) is 13.2 Å². The van der Waals surface area contributed by atoms with Gasteiger partial charge in [0.05, 0.1) is 35.5 Å². The van der Waals surface area contributed by atoms with Crippen LogP contribution in [0.3, 0.4) is 0 Å². The smallest absolute Gasteiger partial charge is 0.296 e. The Morgan fingerprint density at radius 3 is 2.57 bits per heavy atom. The molecule has 5 heterocycles. The largest absolute Gasteiger partial charge is 0.456 e. The molecule has 0 spiro atoms. The zero-order chi connectivity index (χ0) is 24.8. The maximum atomic E-state index is 6.62. The molecule has 5 aromatic rings. The van der Waals surface area contributed by atoms with Gasteiger partial charge < -0.3 is 19.2 Å². The topological polar surface area (TPSA) is 113 Å². The van der Waals surface area contributed by atoms with Crippen LogP contribution in [0.25, 0.3) is 33.5 Å². The van der Waals surface area contributed by atoms with Crippen LogP contribution < -0.4 is 4.74 Å². The summed E-state index contributed by atoms with van der Waals surface area (Å²) in [4.78, 5) is 14.0. The minimum atomic E-state index is -0.191. The minimum Gasteiger partial charge on any atom is -0.456 e. The Morgan fingerprint density at radius 2 is 1.78 bits per heavy atom. The van der Waals surface area contributed by atoms with E-state index in [1.54, 1.807) is 4.80 Å². The lowest BCUT2D eigenvalue weighted by Gasteiger charge is -2.15. The summed E-state index contributed by atoms with van der Waals surface area (Å²) in [5.41, 5.74) is 6.12. The van der Waals surface area contributed by atoms with Gasteiger partial charge in [0.15, 0.2) is 18.1 Å². The normalized spacial score (nSPS) is 20.9. The zero-order valence-electron chi connectivity index (χ0n) is 19.6. The Labute approximate surface area is 216 Å². The molecule has 3 aromatic heterocycles. The lowest BCUT2D eigenvalue weighted by atomic mass is 10.0. The van der Waals surface area contributed by atoms with Crippen LogP contribution >= 0.6 is 11.6 Å². The van der Waals surface area contributed by atoms with Gasteiger partial charge in [0.25, 0.3) is 6.01 Å². The van der Waals surface area contributed by atoms with Gasteiger partial charge in [0, 0.05) is 12.2 Å². The average Bonchev–Trinajstić information content (AvgIpc) is 3.71. The number of aromatic nitrogens is 7. The summed E-state index contributed by atoms with van der Waals surface area (Å²) < 4.78 is 17.6. The highest BCUT2D eigenvalue weighted by molar-refractivity contribution is 6.33. The maximum Gasteiger partial charge on any atom is 0.296 e. The van der Waals surface area contributed by atoms with Gasteiger partial charge >= 0.3 is 0 Å². The Hall–Kier alpha value is -3.86. The van der Waals surface area contributed by atoms with Crippen molar-refractivity contribution in [1.29, 1.82) is 0 Å². The first-order chi connectivity index (χ1) is 18.2. The molecule has 2 saturated heterocycles. The molecule has 7 rings (SSSR count). The fourth-order valence-electron chi connectivity index (χ4n) is 4.88. The third kappa shape index (κ3) is 4.33. The van der Waals surface area contributed by atoms with E-state index in [0.717, 1.165) is 28.7 Å². The fourth-order valence-corrected chi connectivity index (χ4v) is 5.14. The lowest BCUT2D eigenvalue weighted by Crippen LogP contribution is -2.32. The molecule has 2 aliphatic heterocycles. The van der Waals surface area contributed by atoms with Crippen LogP contribution in [0.4, 0.5) is 0 Å². The number of rotatable bonds is 6. The van der Waals surface area contributed by atoms with Crippen molar-refractivity contribution < 1.29 is 14.2 Å². The van der Waals surface area contributed by atoms with E-state index in [9.17, 15) is 0 Å². The van der Waals surface area contributed by atoms with E-state index in [4.69, 9.17) is 30.8 Å². The fraction of sp³-hybridized carbons (Fsp3) is 0.269. The minimum absolute atomic E-state index is 0.0549. The summed E-state index contributed by atoms with van der Waals surface area (Å²) in [6.07, 6.45) is 2.19. The number of nitrogens with one attached hydrogen (secondary N) is 1. The number of fused-ring (bicyclic) bond motifs is 2. The van der Waals surface area contributed by atoms with Crippen LogP contribution in [0.5, 0.6) is 6.01 Å². The van der Waals surface area contributed by atoms with Crippen LogP contribution in [0, 0.1) is 0 Å². The van der Waals surface area contributed by atoms with Gasteiger partial charge in [-0.15, -0.1) is 10.2 Å². The predicted octanol–water partition coefficient (Wildman–Crippen LogP) is 3.92. The molecular formula is C26H22ClN7O3. The second-order valence-corrected chi connectivity index (χ2v) is 9.53. The number of tetrazole rings is 1.